The molecule has 0 bridgehead atoms. The summed E-state index contributed by atoms with van der Waals surface area (Å²) in [6, 6.07) is 11.8. The molecular weight excluding hydrogens is 1020 g/mol. The molecule has 428 valence electrons. The number of unbranched alkanes of at least 4 members (excludes halogenated alkanes) is 2. The molecule has 2 fully saturated rings. The smallest absolute Gasteiger partial charge is 0.335 e. The molecule has 77 heavy (non-hydrogen) atoms. The second-order valence-corrected chi connectivity index (χ2v) is 19.7. The van der Waals surface area contributed by atoms with Crippen LogP contribution in [0.25, 0.3) is 10.2 Å². The Labute approximate surface area is 456 Å². The zero-order chi connectivity index (χ0) is 54.9. The number of likely N-dealkylation sites (N-methyl/N-ethyl adjacent to an activating group) is 1. The Hall–Kier alpha value is -5.17. The maximum Gasteiger partial charge on any atom is 0.335 e. The van der Waals surface area contributed by atoms with Crippen LogP contribution in [0.15, 0.2) is 41.8 Å². The fourth-order valence-corrected chi connectivity index (χ4v) is 9.61. The predicted molar refractivity (Wildman–Crippen MR) is 286 cm³/mol. The molecule has 21 nitrogen and oxygen atoms in total. The van der Waals surface area contributed by atoms with E-state index >= 15 is 0 Å². The lowest BCUT2D eigenvalue weighted by Crippen LogP contribution is -2.35. The Kier molecular flexibility index (Phi) is 30.0. The van der Waals surface area contributed by atoms with Gasteiger partial charge in [-0.3, -0.25) is 28.8 Å². The van der Waals surface area contributed by atoms with Crippen molar-refractivity contribution < 1.29 is 76.3 Å². The zero-order valence-corrected chi connectivity index (χ0v) is 45.9. The number of imide groups is 1. The summed E-state index contributed by atoms with van der Waals surface area (Å²) in [6.07, 6.45) is 6.30. The molecule has 5 amide bonds. The van der Waals surface area contributed by atoms with Gasteiger partial charge in [0, 0.05) is 56.9 Å². The molecule has 1 saturated heterocycles. The molecule has 0 unspecified atom stereocenters. The Bertz CT molecular complexity index is 2250. The van der Waals surface area contributed by atoms with Crippen LogP contribution in [0.3, 0.4) is 0 Å². The highest BCUT2D eigenvalue weighted by atomic mass is 32.1. The minimum atomic E-state index is -0.709. The number of ether oxygens (including phenoxy) is 8. The molecule has 1 aliphatic heterocycles. The van der Waals surface area contributed by atoms with Crippen molar-refractivity contribution in [2.24, 2.45) is 11.8 Å². The van der Waals surface area contributed by atoms with E-state index in [1.807, 2.05) is 60.2 Å². The van der Waals surface area contributed by atoms with Gasteiger partial charge in [-0.05, 0) is 93.5 Å². The lowest BCUT2D eigenvalue weighted by atomic mass is 9.79. The quantitative estimate of drug-likeness (QED) is 0.0412. The lowest BCUT2D eigenvalue weighted by molar-refractivity contribution is -0.198. The van der Waals surface area contributed by atoms with Crippen molar-refractivity contribution >= 4 is 68.5 Å². The average Bonchev–Trinajstić information content (AvgIpc) is 4.18. The molecule has 22 heteroatoms. The normalized spacial score (nSPS) is 15.6. The SMILES string of the molecule is CCN(C(=O)Cn1c(C(=O)CC2CCC(C(=O)NCCCCCC(=O)NCCOCCOCCOCCOCCOCCOCCOCCOCCC(=O)ON3C(=O)CCC3=O)CC2)cc2sccc21)c1cccc(C)c1. The van der Waals surface area contributed by atoms with Gasteiger partial charge in [-0.15, -0.1) is 16.4 Å². The van der Waals surface area contributed by atoms with E-state index in [1.54, 1.807) is 16.2 Å². The monoisotopic (exact) mass is 1100 g/mol. The van der Waals surface area contributed by atoms with Crippen molar-refractivity contribution in [2.75, 3.05) is 130 Å². The van der Waals surface area contributed by atoms with Gasteiger partial charge in [0.25, 0.3) is 11.8 Å². The summed E-state index contributed by atoms with van der Waals surface area (Å²) in [5, 5.41) is 8.46. The van der Waals surface area contributed by atoms with Crippen molar-refractivity contribution in [3.05, 3.63) is 53.0 Å². The van der Waals surface area contributed by atoms with Crippen molar-refractivity contribution in [1.29, 1.82) is 0 Å². The summed E-state index contributed by atoms with van der Waals surface area (Å²) in [5.41, 5.74) is 3.41. The van der Waals surface area contributed by atoms with Crippen LogP contribution in [0.5, 0.6) is 0 Å². The number of benzene rings is 1. The van der Waals surface area contributed by atoms with Crippen molar-refractivity contribution in [2.45, 2.75) is 97.4 Å². The predicted octanol–water partition coefficient (Wildman–Crippen LogP) is 5.37. The Morgan fingerprint density at radius 3 is 1.79 bits per heavy atom. The first-order valence-corrected chi connectivity index (χ1v) is 28.1. The van der Waals surface area contributed by atoms with Crippen molar-refractivity contribution in [1.82, 2.24) is 20.3 Å². The van der Waals surface area contributed by atoms with Gasteiger partial charge in [-0.2, -0.15) is 0 Å². The Morgan fingerprint density at radius 1 is 0.649 bits per heavy atom. The van der Waals surface area contributed by atoms with Crippen LogP contribution in [-0.4, -0.2) is 176 Å². The van der Waals surface area contributed by atoms with Crippen LogP contribution < -0.4 is 15.5 Å². The molecule has 0 radical (unpaired) electrons. The number of thiophene rings is 1. The summed E-state index contributed by atoms with van der Waals surface area (Å²) in [6.45, 7) is 11.7. The number of rotatable bonds is 42. The van der Waals surface area contributed by atoms with Crippen molar-refractivity contribution in [3.8, 4) is 0 Å². The second-order valence-electron chi connectivity index (χ2n) is 18.8. The second kappa shape index (κ2) is 36.8. The third kappa shape index (κ3) is 23.8. The summed E-state index contributed by atoms with van der Waals surface area (Å²) in [5.74, 6) is -1.60. The molecule has 1 saturated carbocycles. The van der Waals surface area contributed by atoms with Gasteiger partial charge in [-0.25, -0.2) is 4.79 Å². The van der Waals surface area contributed by atoms with Crippen LogP contribution in [0.4, 0.5) is 5.69 Å². The molecule has 0 spiro atoms. The highest BCUT2D eigenvalue weighted by Gasteiger charge is 2.33. The highest BCUT2D eigenvalue weighted by Crippen LogP contribution is 2.34. The molecule has 2 aliphatic rings. The number of carbonyl (C=O) groups is 7. The van der Waals surface area contributed by atoms with Crippen LogP contribution in [0, 0.1) is 18.8 Å². The first-order chi connectivity index (χ1) is 37.5. The maximum atomic E-state index is 13.8. The summed E-state index contributed by atoms with van der Waals surface area (Å²) in [4.78, 5) is 93.8. The van der Waals surface area contributed by atoms with E-state index in [4.69, 9.17) is 42.7 Å². The largest absolute Gasteiger partial charge is 0.378 e. The molecule has 1 aromatic carbocycles. The molecule has 3 aromatic rings. The van der Waals surface area contributed by atoms with E-state index in [9.17, 15) is 33.6 Å². The van der Waals surface area contributed by atoms with Gasteiger partial charge in [0.05, 0.1) is 128 Å². The van der Waals surface area contributed by atoms with E-state index in [0.29, 0.717) is 136 Å². The number of anilines is 1. The molecule has 1 aliphatic carbocycles. The summed E-state index contributed by atoms with van der Waals surface area (Å²) < 4.78 is 46.6. The molecule has 2 N–H and O–H groups in total. The molecule has 2 aromatic heterocycles. The fraction of sp³-hybridized carbons (Fsp3) is 0.655. The number of amides is 5. The van der Waals surface area contributed by atoms with E-state index in [1.165, 1.54) is 0 Å². The number of aryl methyl sites for hydroxylation is 1. The number of fused-ring (bicyclic) bond motifs is 1. The van der Waals surface area contributed by atoms with Crippen LogP contribution in [0.1, 0.15) is 100 Å². The van der Waals surface area contributed by atoms with E-state index < -0.39 is 17.8 Å². The van der Waals surface area contributed by atoms with Crippen LogP contribution >= 0.6 is 11.3 Å². The van der Waals surface area contributed by atoms with E-state index in [0.717, 1.165) is 66.4 Å². The molecular formula is C55H81N5O16S. The Morgan fingerprint density at radius 2 is 1.22 bits per heavy atom. The van der Waals surface area contributed by atoms with Gasteiger partial charge < -0.3 is 62.8 Å². The number of hydrogen-bond donors (Lipinski definition) is 2. The molecule has 3 heterocycles. The van der Waals surface area contributed by atoms with Gasteiger partial charge in [0.2, 0.25) is 17.7 Å². The van der Waals surface area contributed by atoms with Gasteiger partial charge >= 0.3 is 5.97 Å². The lowest BCUT2D eigenvalue weighted by Gasteiger charge is -2.27. The summed E-state index contributed by atoms with van der Waals surface area (Å²) >= 11 is 1.57. The number of nitrogens with zero attached hydrogens (tertiary/aromatic N) is 3. The number of hydroxylamine groups is 2. The summed E-state index contributed by atoms with van der Waals surface area (Å²) in [7, 11) is 0. The van der Waals surface area contributed by atoms with Gasteiger partial charge in [-0.1, -0.05) is 18.6 Å². The van der Waals surface area contributed by atoms with Crippen LogP contribution in [-0.2, 0) is 78.0 Å². The Balaban J connectivity index is 0.736. The average molecular weight is 1100 g/mol. The first kappa shape index (κ1) is 62.7. The van der Waals surface area contributed by atoms with E-state index in [2.05, 4.69) is 10.6 Å². The van der Waals surface area contributed by atoms with Gasteiger partial charge in [0.15, 0.2) is 5.78 Å². The molecule has 5 rings (SSSR count). The fourth-order valence-electron chi connectivity index (χ4n) is 8.79. The van der Waals surface area contributed by atoms with Crippen molar-refractivity contribution in [3.63, 3.8) is 0 Å². The topological polar surface area (TPSA) is 238 Å². The number of nitrogens with one attached hydrogen (secondary N) is 2. The minimum Gasteiger partial charge on any atom is -0.378 e. The number of carbonyl (C=O) groups excluding carboxylic acids is 7. The first-order valence-electron chi connectivity index (χ1n) is 27.2. The standard InChI is InChI=1S/C55H81N5O16S/c1-3-58(45-9-7-8-42(2)38-45)53(65)41-59-46-18-37-77-49(46)40-47(59)48(61)39-43-11-13-44(14-12-43)55(67)57-19-6-4-5-10-50(62)56-20-22-69-24-26-71-28-30-73-32-34-75-36-35-74-33-31-72-29-27-70-25-23-68-21-17-54(66)76-60-51(63)15-16-52(60)64/h7-9,18,37-38,40,43-44H,3-6,10-17,19-36,39,41H2,1-2H3,(H,56,62)(H,57,67). The zero-order valence-electron chi connectivity index (χ0n) is 45.1. The number of hydrogen-bond acceptors (Lipinski definition) is 17. The van der Waals surface area contributed by atoms with Gasteiger partial charge in [0.1, 0.15) is 6.54 Å². The third-order valence-electron chi connectivity index (χ3n) is 12.9. The minimum absolute atomic E-state index is 0.0246. The third-order valence-corrected chi connectivity index (χ3v) is 13.8. The van der Waals surface area contributed by atoms with Crippen LogP contribution in [0.2, 0.25) is 0 Å². The van der Waals surface area contributed by atoms with E-state index in [-0.39, 0.29) is 74.4 Å². The number of Topliss-reactive ketones (excluding diaryl/α,β-unsaturated/α-hetero) is 1. The maximum absolute atomic E-state index is 13.8. The number of ketones is 1. The molecule has 0 atom stereocenters. The highest BCUT2D eigenvalue weighted by molar-refractivity contribution is 7.17. The number of aromatic nitrogens is 1.